The SMILES string of the molecule is CC1CCCCC1N(C)C(=O)N[C@@H](C(=O)O)C(C)(C)C. The lowest BCUT2D eigenvalue weighted by molar-refractivity contribution is -0.142. The summed E-state index contributed by atoms with van der Waals surface area (Å²) in [5.74, 6) is -0.520. The van der Waals surface area contributed by atoms with Crippen LogP contribution in [-0.4, -0.2) is 41.1 Å². The Morgan fingerprint density at radius 2 is 1.80 bits per heavy atom. The summed E-state index contributed by atoms with van der Waals surface area (Å²) in [6, 6.07) is -0.958. The standard InChI is InChI=1S/C15H28N2O3/c1-10-8-6-7-9-11(10)17(5)14(20)16-12(13(18)19)15(2,3)4/h10-12H,6-9H2,1-5H3,(H,16,20)(H,18,19)/t10?,11?,12-/m0/s1. The Bertz CT molecular complexity index is 363. The molecular formula is C15H28N2O3. The topological polar surface area (TPSA) is 69.6 Å². The minimum Gasteiger partial charge on any atom is -0.480 e. The molecule has 0 radical (unpaired) electrons. The predicted octanol–water partition coefficient (Wildman–Crippen LogP) is 2.71. The molecule has 5 nitrogen and oxygen atoms in total. The van der Waals surface area contributed by atoms with Gasteiger partial charge in [-0.3, -0.25) is 0 Å². The van der Waals surface area contributed by atoms with E-state index in [1.807, 2.05) is 20.8 Å². The molecule has 2 N–H and O–H groups in total. The van der Waals surface area contributed by atoms with Gasteiger partial charge >= 0.3 is 12.0 Å². The third-order valence-corrected chi connectivity index (χ3v) is 4.26. The molecule has 116 valence electrons. The van der Waals surface area contributed by atoms with E-state index in [1.54, 1.807) is 11.9 Å². The Morgan fingerprint density at radius 3 is 2.25 bits per heavy atom. The summed E-state index contributed by atoms with van der Waals surface area (Å²) in [4.78, 5) is 25.3. The molecule has 0 bridgehead atoms. The summed E-state index contributed by atoms with van der Waals surface area (Å²) < 4.78 is 0. The number of rotatable bonds is 3. The summed E-state index contributed by atoms with van der Waals surface area (Å²) in [6.07, 6.45) is 4.48. The molecule has 1 rings (SSSR count). The molecular weight excluding hydrogens is 256 g/mol. The Kier molecular flexibility index (Phi) is 5.42. The van der Waals surface area contributed by atoms with Crippen molar-refractivity contribution in [3.63, 3.8) is 0 Å². The minimum absolute atomic E-state index is 0.207. The van der Waals surface area contributed by atoms with E-state index in [0.717, 1.165) is 19.3 Å². The summed E-state index contributed by atoms with van der Waals surface area (Å²) in [6.45, 7) is 7.60. The van der Waals surface area contributed by atoms with Crippen LogP contribution >= 0.6 is 0 Å². The van der Waals surface area contributed by atoms with Gasteiger partial charge in [0.05, 0.1) is 0 Å². The van der Waals surface area contributed by atoms with Gasteiger partial charge in [-0.15, -0.1) is 0 Å². The average molecular weight is 284 g/mol. The second kappa shape index (κ2) is 6.46. The fourth-order valence-corrected chi connectivity index (χ4v) is 2.90. The molecule has 0 aromatic heterocycles. The number of carboxylic acids is 1. The van der Waals surface area contributed by atoms with Gasteiger partial charge in [-0.1, -0.05) is 40.5 Å². The first-order valence-corrected chi connectivity index (χ1v) is 7.40. The van der Waals surface area contributed by atoms with Crippen LogP contribution in [0.25, 0.3) is 0 Å². The second-order valence-electron chi connectivity index (χ2n) is 7.03. The van der Waals surface area contributed by atoms with Crippen LogP contribution in [0.5, 0.6) is 0 Å². The lowest BCUT2D eigenvalue weighted by atomic mass is 9.85. The predicted molar refractivity (Wildman–Crippen MR) is 78.6 cm³/mol. The van der Waals surface area contributed by atoms with Crippen LogP contribution in [0.3, 0.4) is 0 Å². The molecule has 2 unspecified atom stereocenters. The number of hydrogen-bond donors (Lipinski definition) is 2. The van der Waals surface area contributed by atoms with Crippen molar-refractivity contribution in [2.24, 2.45) is 11.3 Å². The lowest BCUT2D eigenvalue weighted by Gasteiger charge is -2.38. The Hall–Kier alpha value is -1.26. The quantitative estimate of drug-likeness (QED) is 0.837. The smallest absolute Gasteiger partial charge is 0.326 e. The highest BCUT2D eigenvalue weighted by molar-refractivity contribution is 5.83. The third-order valence-electron chi connectivity index (χ3n) is 4.26. The fourth-order valence-electron chi connectivity index (χ4n) is 2.90. The van der Waals surface area contributed by atoms with Crippen LogP contribution in [0, 0.1) is 11.3 Å². The first-order valence-electron chi connectivity index (χ1n) is 7.40. The van der Waals surface area contributed by atoms with Gasteiger partial charge in [0.2, 0.25) is 0 Å². The van der Waals surface area contributed by atoms with E-state index < -0.39 is 17.4 Å². The van der Waals surface area contributed by atoms with Crippen molar-refractivity contribution in [3.05, 3.63) is 0 Å². The van der Waals surface area contributed by atoms with Gasteiger partial charge in [-0.2, -0.15) is 0 Å². The molecule has 20 heavy (non-hydrogen) atoms. The fraction of sp³-hybridized carbons (Fsp3) is 0.867. The van der Waals surface area contributed by atoms with Gasteiger partial charge in [-0.05, 0) is 24.2 Å². The van der Waals surface area contributed by atoms with Gasteiger partial charge in [0, 0.05) is 13.1 Å². The van der Waals surface area contributed by atoms with Gasteiger partial charge in [0.25, 0.3) is 0 Å². The molecule has 0 aromatic carbocycles. The number of urea groups is 1. The number of carbonyl (C=O) groups excluding carboxylic acids is 1. The van der Waals surface area contributed by atoms with Crippen LogP contribution in [0.2, 0.25) is 0 Å². The van der Waals surface area contributed by atoms with E-state index in [-0.39, 0.29) is 12.1 Å². The largest absolute Gasteiger partial charge is 0.480 e. The van der Waals surface area contributed by atoms with Crippen LogP contribution in [0.1, 0.15) is 53.4 Å². The number of nitrogens with one attached hydrogen (secondary N) is 1. The first-order chi connectivity index (χ1) is 9.14. The van der Waals surface area contributed by atoms with E-state index in [4.69, 9.17) is 0 Å². The van der Waals surface area contributed by atoms with E-state index in [0.29, 0.717) is 5.92 Å². The Morgan fingerprint density at radius 1 is 1.25 bits per heavy atom. The maximum Gasteiger partial charge on any atom is 0.326 e. The van der Waals surface area contributed by atoms with Gasteiger partial charge in [0.1, 0.15) is 6.04 Å². The first kappa shape index (κ1) is 16.8. The maximum absolute atomic E-state index is 12.3. The zero-order valence-electron chi connectivity index (χ0n) is 13.3. The molecule has 0 heterocycles. The highest BCUT2D eigenvalue weighted by Gasteiger charge is 2.35. The van der Waals surface area contributed by atoms with Crippen molar-refractivity contribution in [2.75, 3.05) is 7.05 Å². The van der Waals surface area contributed by atoms with Crippen molar-refractivity contribution < 1.29 is 14.7 Å². The Balaban J connectivity index is 2.71. The molecule has 1 saturated carbocycles. The molecule has 1 aliphatic rings. The Labute approximate surface area is 121 Å². The van der Waals surface area contributed by atoms with Crippen LogP contribution in [0.15, 0.2) is 0 Å². The van der Waals surface area contributed by atoms with Crippen molar-refractivity contribution in [2.45, 2.75) is 65.5 Å². The molecule has 3 atom stereocenters. The number of hydrogen-bond acceptors (Lipinski definition) is 2. The molecule has 0 spiro atoms. The summed E-state index contributed by atoms with van der Waals surface area (Å²) >= 11 is 0. The zero-order valence-corrected chi connectivity index (χ0v) is 13.3. The minimum atomic E-state index is -0.990. The number of aliphatic carboxylic acids is 1. The molecule has 0 aliphatic heterocycles. The van der Waals surface area contributed by atoms with E-state index in [1.165, 1.54) is 6.42 Å². The number of carbonyl (C=O) groups is 2. The lowest BCUT2D eigenvalue weighted by Crippen LogP contribution is -2.55. The van der Waals surface area contributed by atoms with Crippen molar-refractivity contribution in [3.8, 4) is 0 Å². The third kappa shape index (κ3) is 4.12. The molecule has 1 fully saturated rings. The van der Waals surface area contributed by atoms with E-state index >= 15 is 0 Å². The summed E-state index contributed by atoms with van der Waals surface area (Å²) in [7, 11) is 1.77. The van der Waals surface area contributed by atoms with Crippen molar-refractivity contribution in [1.82, 2.24) is 10.2 Å². The summed E-state index contributed by atoms with van der Waals surface area (Å²) in [5, 5.41) is 11.9. The molecule has 1 aliphatic carbocycles. The van der Waals surface area contributed by atoms with Crippen LogP contribution in [-0.2, 0) is 4.79 Å². The number of nitrogens with zero attached hydrogens (tertiary/aromatic N) is 1. The average Bonchev–Trinajstić information content (AvgIpc) is 2.33. The number of amides is 2. The zero-order chi connectivity index (χ0) is 15.5. The van der Waals surface area contributed by atoms with Crippen LogP contribution < -0.4 is 5.32 Å². The van der Waals surface area contributed by atoms with Gasteiger partial charge in [-0.25, -0.2) is 9.59 Å². The summed E-state index contributed by atoms with van der Waals surface area (Å²) in [5.41, 5.74) is -0.513. The molecule has 5 heteroatoms. The van der Waals surface area contributed by atoms with Gasteiger partial charge in [0.15, 0.2) is 0 Å². The number of carboxylic acid groups (broad SMARTS) is 1. The van der Waals surface area contributed by atoms with E-state index in [2.05, 4.69) is 12.2 Å². The molecule has 2 amide bonds. The van der Waals surface area contributed by atoms with Crippen LogP contribution in [0.4, 0.5) is 4.79 Å². The maximum atomic E-state index is 12.3. The highest BCUT2D eigenvalue weighted by atomic mass is 16.4. The van der Waals surface area contributed by atoms with Crippen molar-refractivity contribution in [1.29, 1.82) is 0 Å². The normalized spacial score (nSPS) is 24.9. The highest BCUT2D eigenvalue weighted by Crippen LogP contribution is 2.27. The van der Waals surface area contributed by atoms with Crippen molar-refractivity contribution >= 4 is 12.0 Å². The molecule has 0 saturated heterocycles. The monoisotopic (exact) mass is 284 g/mol. The second-order valence-corrected chi connectivity index (χ2v) is 7.03. The van der Waals surface area contributed by atoms with Gasteiger partial charge < -0.3 is 15.3 Å². The molecule has 0 aromatic rings. The van der Waals surface area contributed by atoms with E-state index in [9.17, 15) is 14.7 Å².